The third-order valence-corrected chi connectivity index (χ3v) is 2.04. The van der Waals surface area contributed by atoms with Crippen LogP contribution in [-0.4, -0.2) is 11.5 Å². The highest BCUT2D eigenvalue weighted by molar-refractivity contribution is 5.92. The molecule has 0 radical (unpaired) electrons. The first kappa shape index (κ1) is 8.05. The van der Waals surface area contributed by atoms with Gasteiger partial charge in [0.25, 0.3) is 0 Å². The van der Waals surface area contributed by atoms with Crippen molar-refractivity contribution in [3.05, 3.63) is 36.7 Å². The molecule has 2 nitrogen and oxygen atoms in total. The third kappa shape index (κ3) is 1.47. The number of nitrogens with zero attached hydrogens (tertiary/aromatic N) is 1. The molecule has 1 heterocycles. The second-order valence-electron chi connectivity index (χ2n) is 2.94. The molecule has 66 valence electrons. The highest BCUT2D eigenvalue weighted by Gasteiger charge is 1.97. The van der Waals surface area contributed by atoms with E-state index in [9.17, 15) is 0 Å². The summed E-state index contributed by atoms with van der Waals surface area (Å²) >= 11 is 0. The Morgan fingerprint density at radius 3 is 2.92 bits per heavy atom. The van der Waals surface area contributed by atoms with Crippen LogP contribution in [0.4, 0.5) is 5.69 Å². The van der Waals surface area contributed by atoms with Gasteiger partial charge in [0.15, 0.2) is 0 Å². The van der Waals surface area contributed by atoms with Crippen LogP contribution in [0.1, 0.15) is 6.92 Å². The second kappa shape index (κ2) is 3.44. The van der Waals surface area contributed by atoms with Crippen LogP contribution in [0.25, 0.3) is 10.8 Å². The molecule has 0 spiro atoms. The summed E-state index contributed by atoms with van der Waals surface area (Å²) in [6.07, 6.45) is 3.75. The van der Waals surface area contributed by atoms with Crippen molar-refractivity contribution < 1.29 is 0 Å². The minimum absolute atomic E-state index is 0.926. The van der Waals surface area contributed by atoms with Gasteiger partial charge in [-0.25, -0.2) is 0 Å². The first-order chi connectivity index (χ1) is 6.42. The number of anilines is 1. The van der Waals surface area contributed by atoms with E-state index in [1.807, 2.05) is 24.5 Å². The molecular weight excluding hydrogens is 160 g/mol. The maximum atomic E-state index is 4.17. The maximum Gasteiger partial charge on any atom is 0.0606 e. The zero-order valence-corrected chi connectivity index (χ0v) is 7.62. The van der Waals surface area contributed by atoms with Gasteiger partial charge in [-0.1, -0.05) is 24.3 Å². The monoisotopic (exact) mass is 172 g/mol. The molecule has 13 heavy (non-hydrogen) atoms. The van der Waals surface area contributed by atoms with Crippen molar-refractivity contribution in [3.8, 4) is 0 Å². The minimum Gasteiger partial charge on any atom is -0.384 e. The summed E-state index contributed by atoms with van der Waals surface area (Å²) in [5.41, 5.74) is 1.11. The fourth-order valence-corrected chi connectivity index (χ4v) is 1.45. The van der Waals surface area contributed by atoms with E-state index in [1.54, 1.807) is 0 Å². The van der Waals surface area contributed by atoms with Crippen LogP contribution in [-0.2, 0) is 0 Å². The Kier molecular flexibility index (Phi) is 2.13. The highest BCUT2D eigenvalue weighted by Crippen LogP contribution is 2.20. The molecule has 0 amide bonds. The van der Waals surface area contributed by atoms with Gasteiger partial charge in [0, 0.05) is 23.5 Å². The lowest BCUT2D eigenvalue weighted by molar-refractivity contribution is 1.20. The largest absolute Gasteiger partial charge is 0.384 e. The van der Waals surface area contributed by atoms with Crippen molar-refractivity contribution in [2.24, 2.45) is 0 Å². The molecule has 0 bridgehead atoms. The van der Waals surface area contributed by atoms with Crippen LogP contribution in [0, 0.1) is 0 Å². The number of benzene rings is 1. The number of pyridine rings is 1. The zero-order chi connectivity index (χ0) is 9.10. The fourth-order valence-electron chi connectivity index (χ4n) is 1.45. The summed E-state index contributed by atoms with van der Waals surface area (Å²) in [6.45, 7) is 3.01. The Morgan fingerprint density at radius 1 is 1.23 bits per heavy atom. The predicted octanol–water partition coefficient (Wildman–Crippen LogP) is 2.67. The molecule has 0 saturated carbocycles. The molecule has 0 atom stereocenters. The fraction of sp³-hybridized carbons (Fsp3) is 0.182. The smallest absolute Gasteiger partial charge is 0.0606 e. The first-order valence-electron chi connectivity index (χ1n) is 4.48. The molecule has 2 rings (SSSR count). The van der Waals surface area contributed by atoms with Crippen LogP contribution in [0.3, 0.4) is 0 Å². The van der Waals surface area contributed by atoms with Gasteiger partial charge in [0.2, 0.25) is 0 Å². The van der Waals surface area contributed by atoms with E-state index in [0.29, 0.717) is 0 Å². The average Bonchev–Trinajstić information content (AvgIpc) is 2.19. The van der Waals surface area contributed by atoms with Crippen molar-refractivity contribution in [2.45, 2.75) is 6.92 Å². The highest BCUT2D eigenvalue weighted by atomic mass is 14.9. The zero-order valence-electron chi connectivity index (χ0n) is 7.62. The molecule has 0 unspecified atom stereocenters. The predicted molar refractivity (Wildman–Crippen MR) is 55.9 cm³/mol. The number of hydrogen-bond donors (Lipinski definition) is 1. The van der Waals surface area contributed by atoms with Gasteiger partial charge in [-0.15, -0.1) is 0 Å². The third-order valence-electron chi connectivity index (χ3n) is 2.04. The van der Waals surface area contributed by atoms with E-state index in [-0.39, 0.29) is 0 Å². The molecule has 1 N–H and O–H groups in total. The molecule has 1 aromatic carbocycles. The van der Waals surface area contributed by atoms with Crippen LogP contribution in [0.2, 0.25) is 0 Å². The Labute approximate surface area is 77.6 Å². The molecule has 0 aliphatic carbocycles. The Balaban J connectivity index is 2.61. The van der Waals surface area contributed by atoms with Crippen molar-refractivity contribution in [2.75, 3.05) is 11.9 Å². The van der Waals surface area contributed by atoms with Gasteiger partial charge < -0.3 is 5.32 Å². The number of nitrogens with one attached hydrogen (secondary N) is 1. The van der Waals surface area contributed by atoms with Gasteiger partial charge in [-0.05, 0) is 6.92 Å². The molecule has 1 aromatic heterocycles. The number of aromatic nitrogens is 1. The summed E-state index contributed by atoms with van der Waals surface area (Å²) < 4.78 is 0. The first-order valence-corrected chi connectivity index (χ1v) is 4.48. The maximum absolute atomic E-state index is 4.17. The molecule has 0 saturated heterocycles. The topological polar surface area (TPSA) is 24.9 Å². The van der Waals surface area contributed by atoms with Crippen LogP contribution in [0.15, 0.2) is 36.7 Å². The van der Waals surface area contributed by atoms with Gasteiger partial charge in [-0.3, -0.25) is 4.98 Å². The summed E-state index contributed by atoms with van der Waals surface area (Å²) in [7, 11) is 0. The lowest BCUT2D eigenvalue weighted by atomic mass is 10.1. The molecular formula is C11H12N2. The van der Waals surface area contributed by atoms with E-state index in [0.717, 1.165) is 12.2 Å². The molecule has 0 aliphatic heterocycles. The molecule has 2 heteroatoms. The SMILES string of the molecule is CCNc1cncc2ccccc12. The normalized spacial score (nSPS) is 10.2. The molecule has 0 fully saturated rings. The Bertz CT molecular complexity index is 404. The molecule has 0 aliphatic rings. The van der Waals surface area contributed by atoms with Gasteiger partial charge in [0.1, 0.15) is 0 Å². The summed E-state index contributed by atoms with van der Waals surface area (Å²) in [6, 6.07) is 8.25. The van der Waals surface area contributed by atoms with Gasteiger partial charge in [0.05, 0.1) is 11.9 Å². The van der Waals surface area contributed by atoms with Crippen LogP contribution in [0.5, 0.6) is 0 Å². The number of fused-ring (bicyclic) bond motifs is 1. The minimum atomic E-state index is 0.926. The van der Waals surface area contributed by atoms with Crippen molar-refractivity contribution in [1.82, 2.24) is 4.98 Å². The van der Waals surface area contributed by atoms with Crippen LogP contribution < -0.4 is 5.32 Å². The van der Waals surface area contributed by atoms with Gasteiger partial charge in [-0.2, -0.15) is 0 Å². The lowest BCUT2D eigenvalue weighted by Crippen LogP contribution is -1.97. The summed E-state index contributed by atoms with van der Waals surface area (Å²) in [5.74, 6) is 0. The van der Waals surface area contributed by atoms with Gasteiger partial charge >= 0.3 is 0 Å². The van der Waals surface area contributed by atoms with E-state index in [2.05, 4.69) is 29.4 Å². The van der Waals surface area contributed by atoms with E-state index >= 15 is 0 Å². The Hall–Kier alpha value is -1.57. The van der Waals surface area contributed by atoms with E-state index in [1.165, 1.54) is 10.8 Å². The average molecular weight is 172 g/mol. The van der Waals surface area contributed by atoms with Crippen molar-refractivity contribution >= 4 is 16.5 Å². The standard InChI is InChI=1S/C11H12N2/c1-2-13-11-8-12-7-9-5-3-4-6-10(9)11/h3-8,13H,2H2,1H3. The van der Waals surface area contributed by atoms with Crippen LogP contribution >= 0.6 is 0 Å². The molecule has 2 aromatic rings. The van der Waals surface area contributed by atoms with E-state index in [4.69, 9.17) is 0 Å². The quantitative estimate of drug-likeness (QED) is 0.753. The number of hydrogen-bond acceptors (Lipinski definition) is 2. The summed E-state index contributed by atoms with van der Waals surface area (Å²) in [4.78, 5) is 4.17. The number of rotatable bonds is 2. The van der Waals surface area contributed by atoms with Crippen molar-refractivity contribution in [1.29, 1.82) is 0 Å². The summed E-state index contributed by atoms with van der Waals surface area (Å²) in [5, 5.41) is 5.70. The van der Waals surface area contributed by atoms with Crippen molar-refractivity contribution in [3.63, 3.8) is 0 Å². The van der Waals surface area contributed by atoms with E-state index < -0.39 is 0 Å². The lowest BCUT2D eigenvalue weighted by Gasteiger charge is -2.05. The second-order valence-corrected chi connectivity index (χ2v) is 2.94. The Morgan fingerprint density at radius 2 is 2.08 bits per heavy atom.